The first-order chi connectivity index (χ1) is 11.0. The molecule has 1 saturated heterocycles. The van der Waals surface area contributed by atoms with Gasteiger partial charge in [-0.15, -0.1) is 0 Å². The molecule has 1 aliphatic rings. The summed E-state index contributed by atoms with van der Waals surface area (Å²) in [7, 11) is 3.33. The van der Waals surface area contributed by atoms with Crippen LogP contribution in [-0.2, 0) is 16.1 Å². The van der Waals surface area contributed by atoms with Crippen LogP contribution in [-0.4, -0.2) is 55.3 Å². The Labute approximate surface area is 136 Å². The maximum atomic E-state index is 13.2. The van der Waals surface area contributed by atoms with Crippen LogP contribution in [0.5, 0.6) is 0 Å². The predicted molar refractivity (Wildman–Crippen MR) is 86.1 cm³/mol. The maximum Gasteiger partial charge on any atom is 0.241 e. The van der Waals surface area contributed by atoms with Gasteiger partial charge in [-0.25, -0.2) is 4.39 Å². The summed E-state index contributed by atoms with van der Waals surface area (Å²) in [5.74, 6) is -0.557. The predicted octanol–water partition coefficient (Wildman–Crippen LogP) is 1.24. The summed E-state index contributed by atoms with van der Waals surface area (Å²) in [6, 6.07) is 6.55. The van der Waals surface area contributed by atoms with Gasteiger partial charge >= 0.3 is 0 Å². The molecule has 1 atom stereocenters. The lowest BCUT2D eigenvalue weighted by atomic mass is 9.96. The number of carbonyl (C=O) groups excluding carboxylic acids is 2. The smallest absolute Gasteiger partial charge is 0.241 e. The molecular weight excluding hydrogens is 297 g/mol. The Kier molecular flexibility index (Phi) is 6.10. The standard InChI is InChI=1S/C17H24FN3O2/c1-20(2)16(22)10-19-17(23)14-6-4-8-21(12-14)11-13-5-3-7-15(18)9-13/h3,5,7,9,14H,4,6,8,10-12H2,1-2H3,(H,19,23). The van der Waals surface area contributed by atoms with E-state index in [0.29, 0.717) is 13.1 Å². The topological polar surface area (TPSA) is 52.7 Å². The number of likely N-dealkylation sites (N-methyl/N-ethyl adjacent to an activating group) is 1. The Bertz CT molecular complexity index is 563. The highest BCUT2D eigenvalue weighted by atomic mass is 19.1. The number of rotatable bonds is 5. The Morgan fingerprint density at radius 2 is 2.17 bits per heavy atom. The summed E-state index contributed by atoms with van der Waals surface area (Å²) >= 11 is 0. The fraction of sp³-hybridized carbons (Fsp3) is 0.529. The second-order valence-corrected chi connectivity index (χ2v) is 6.21. The number of amides is 2. The molecule has 1 aromatic rings. The number of hydrogen-bond acceptors (Lipinski definition) is 3. The van der Waals surface area contributed by atoms with Gasteiger partial charge in [0.15, 0.2) is 0 Å². The average Bonchev–Trinajstić information content (AvgIpc) is 2.52. The second kappa shape index (κ2) is 8.06. The molecule has 1 fully saturated rings. The van der Waals surface area contributed by atoms with E-state index < -0.39 is 0 Å². The quantitative estimate of drug-likeness (QED) is 0.888. The van der Waals surface area contributed by atoms with E-state index in [9.17, 15) is 14.0 Å². The summed E-state index contributed by atoms with van der Waals surface area (Å²) < 4.78 is 13.2. The molecular formula is C17H24FN3O2. The number of hydrogen-bond donors (Lipinski definition) is 1. The van der Waals surface area contributed by atoms with Gasteiger partial charge < -0.3 is 10.2 Å². The van der Waals surface area contributed by atoms with E-state index in [2.05, 4.69) is 10.2 Å². The van der Waals surface area contributed by atoms with Crippen molar-refractivity contribution < 1.29 is 14.0 Å². The van der Waals surface area contributed by atoms with Crippen molar-refractivity contribution in [2.75, 3.05) is 33.7 Å². The van der Waals surface area contributed by atoms with Crippen LogP contribution in [0.15, 0.2) is 24.3 Å². The minimum Gasteiger partial charge on any atom is -0.347 e. The molecule has 1 unspecified atom stereocenters. The van der Waals surface area contributed by atoms with Crippen LogP contribution in [0.2, 0.25) is 0 Å². The summed E-state index contributed by atoms with van der Waals surface area (Å²) in [4.78, 5) is 27.4. The highest BCUT2D eigenvalue weighted by molar-refractivity contribution is 5.85. The van der Waals surface area contributed by atoms with E-state index in [1.165, 1.54) is 17.0 Å². The van der Waals surface area contributed by atoms with Gasteiger partial charge in [-0.3, -0.25) is 14.5 Å². The second-order valence-electron chi connectivity index (χ2n) is 6.21. The molecule has 0 aliphatic carbocycles. The molecule has 23 heavy (non-hydrogen) atoms. The van der Waals surface area contributed by atoms with Gasteiger partial charge in [0, 0.05) is 27.2 Å². The lowest BCUT2D eigenvalue weighted by Crippen LogP contribution is -2.45. The van der Waals surface area contributed by atoms with Crippen molar-refractivity contribution in [3.63, 3.8) is 0 Å². The third kappa shape index (κ3) is 5.32. The molecule has 1 aromatic carbocycles. The van der Waals surface area contributed by atoms with Gasteiger partial charge in [0.25, 0.3) is 0 Å². The molecule has 2 amide bonds. The van der Waals surface area contributed by atoms with Gasteiger partial charge in [-0.1, -0.05) is 12.1 Å². The molecule has 0 bridgehead atoms. The summed E-state index contributed by atoms with van der Waals surface area (Å²) in [5.41, 5.74) is 0.911. The first-order valence-corrected chi connectivity index (χ1v) is 7.90. The zero-order valence-electron chi connectivity index (χ0n) is 13.7. The minimum atomic E-state index is -0.240. The summed E-state index contributed by atoms with van der Waals surface area (Å²) in [5, 5.41) is 2.71. The van der Waals surface area contributed by atoms with Crippen LogP contribution in [0, 0.1) is 11.7 Å². The fourth-order valence-corrected chi connectivity index (χ4v) is 2.77. The van der Waals surface area contributed by atoms with E-state index in [0.717, 1.165) is 24.9 Å². The molecule has 1 aliphatic heterocycles. The summed E-state index contributed by atoms with van der Waals surface area (Å²) in [6.07, 6.45) is 1.75. The number of nitrogens with zero attached hydrogens (tertiary/aromatic N) is 2. The van der Waals surface area contributed by atoms with E-state index >= 15 is 0 Å². The number of piperidine rings is 1. The Morgan fingerprint density at radius 3 is 2.87 bits per heavy atom. The van der Waals surface area contributed by atoms with Crippen LogP contribution < -0.4 is 5.32 Å². The Hall–Kier alpha value is -1.95. The Balaban J connectivity index is 1.85. The maximum absolute atomic E-state index is 13.2. The number of likely N-dealkylation sites (tertiary alicyclic amines) is 1. The van der Waals surface area contributed by atoms with Crippen molar-refractivity contribution in [2.24, 2.45) is 5.92 Å². The van der Waals surface area contributed by atoms with Crippen molar-refractivity contribution >= 4 is 11.8 Å². The number of carbonyl (C=O) groups is 2. The molecule has 0 saturated carbocycles. The highest BCUT2D eigenvalue weighted by Gasteiger charge is 2.26. The average molecular weight is 321 g/mol. The molecule has 2 rings (SSSR count). The molecule has 0 radical (unpaired) electrons. The molecule has 0 aromatic heterocycles. The lowest BCUT2D eigenvalue weighted by molar-refractivity contribution is -0.133. The van der Waals surface area contributed by atoms with E-state index in [4.69, 9.17) is 0 Å². The van der Waals surface area contributed by atoms with E-state index in [1.807, 2.05) is 6.07 Å². The van der Waals surface area contributed by atoms with Crippen molar-refractivity contribution in [3.05, 3.63) is 35.6 Å². The first-order valence-electron chi connectivity index (χ1n) is 7.90. The Morgan fingerprint density at radius 1 is 1.39 bits per heavy atom. The first kappa shape index (κ1) is 17.4. The number of halogens is 1. The van der Waals surface area contributed by atoms with Gasteiger partial charge in [0.2, 0.25) is 11.8 Å². The van der Waals surface area contributed by atoms with Crippen LogP contribution in [0.1, 0.15) is 18.4 Å². The fourth-order valence-electron chi connectivity index (χ4n) is 2.77. The highest BCUT2D eigenvalue weighted by Crippen LogP contribution is 2.19. The third-order valence-corrected chi connectivity index (χ3v) is 4.08. The van der Waals surface area contributed by atoms with E-state index in [-0.39, 0.29) is 30.1 Å². The number of nitrogens with one attached hydrogen (secondary N) is 1. The monoisotopic (exact) mass is 321 g/mol. The van der Waals surface area contributed by atoms with Gasteiger partial charge in [0.05, 0.1) is 12.5 Å². The molecule has 1 heterocycles. The SMILES string of the molecule is CN(C)C(=O)CNC(=O)C1CCCN(Cc2cccc(F)c2)C1. The molecule has 1 N–H and O–H groups in total. The third-order valence-electron chi connectivity index (χ3n) is 4.08. The van der Waals surface area contributed by atoms with Gasteiger partial charge in [0.1, 0.15) is 5.82 Å². The minimum absolute atomic E-state index is 0.0340. The van der Waals surface area contributed by atoms with Gasteiger partial charge in [-0.2, -0.15) is 0 Å². The van der Waals surface area contributed by atoms with Crippen molar-refractivity contribution in [2.45, 2.75) is 19.4 Å². The zero-order valence-corrected chi connectivity index (χ0v) is 13.7. The van der Waals surface area contributed by atoms with Crippen LogP contribution in [0.3, 0.4) is 0 Å². The molecule has 5 nitrogen and oxygen atoms in total. The van der Waals surface area contributed by atoms with Gasteiger partial charge in [-0.05, 0) is 37.1 Å². The normalized spacial score (nSPS) is 18.5. The van der Waals surface area contributed by atoms with E-state index in [1.54, 1.807) is 20.2 Å². The molecule has 126 valence electrons. The van der Waals surface area contributed by atoms with Crippen LogP contribution in [0.4, 0.5) is 4.39 Å². The molecule has 0 spiro atoms. The van der Waals surface area contributed by atoms with Crippen molar-refractivity contribution in [1.82, 2.24) is 15.1 Å². The van der Waals surface area contributed by atoms with Crippen LogP contribution in [0.25, 0.3) is 0 Å². The number of benzene rings is 1. The summed E-state index contributed by atoms with van der Waals surface area (Å²) in [6.45, 7) is 2.21. The van der Waals surface area contributed by atoms with Crippen molar-refractivity contribution in [1.29, 1.82) is 0 Å². The lowest BCUT2D eigenvalue weighted by Gasteiger charge is -2.32. The molecule has 6 heteroatoms. The van der Waals surface area contributed by atoms with Crippen molar-refractivity contribution in [3.8, 4) is 0 Å². The zero-order chi connectivity index (χ0) is 16.8. The van der Waals surface area contributed by atoms with Crippen LogP contribution >= 0.6 is 0 Å². The largest absolute Gasteiger partial charge is 0.347 e.